The number of rotatable bonds is 4. The van der Waals surface area contributed by atoms with Crippen molar-refractivity contribution in [2.75, 3.05) is 0 Å². The van der Waals surface area contributed by atoms with Gasteiger partial charge in [0.15, 0.2) is 0 Å². The third kappa shape index (κ3) is 2.97. The molecule has 0 saturated heterocycles. The largest absolute Gasteiger partial charge is 0.507 e. The van der Waals surface area contributed by atoms with Crippen LogP contribution in [0.3, 0.4) is 0 Å². The number of benzene rings is 3. The van der Waals surface area contributed by atoms with Gasteiger partial charge in [-0.25, -0.2) is 4.98 Å². The van der Waals surface area contributed by atoms with E-state index in [4.69, 9.17) is 4.98 Å². The van der Waals surface area contributed by atoms with Gasteiger partial charge in [-0.2, -0.15) is 0 Å². The van der Waals surface area contributed by atoms with Crippen molar-refractivity contribution >= 4 is 11.0 Å². The third-order valence-corrected chi connectivity index (χ3v) is 5.27. The summed E-state index contributed by atoms with van der Waals surface area (Å²) in [5.74, 6) is 1.75. The Morgan fingerprint density at radius 1 is 0.750 bits per heavy atom. The second-order valence-corrected chi connectivity index (χ2v) is 7.87. The van der Waals surface area contributed by atoms with Crippen LogP contribution in [-0.2, 0) is 0 Å². The lowest BCUT2D eigenvalue weighted by molar-refractivity contribution is 0.477. The molecule has 4 rings (SSSR count). The first-order valence-electron chi connectivity index (χ1n) is 9.88. The van der Waals surface area contributed by atoms with Gasteiger partial charge in [-0.3, -0.25) is 4.57 Å². The maximum absolute atomic E-state index is 10.6. The average molecular weight is 370 g/mol. The summed E-state index contributed by atoms with van der Waals surface area (Å²) >= 11 is 0. The van der Waals surface area contributed by atoms with Crippen molar-refractivity contribution in [3.63, 3.8) is 0 Å². The Bertz CT molecular complexity index is 1110. The monoisotopic (exact) mass is 370 g/mol. The van der Waals surface area contributed by atoms with E-state index >= 15 is 0 Å². The first kappa shape index (κ1) is 18.3. The first-order valence-corrected chi connectivity index (χ1v) is 9.88. The molecule has 1 N–H and O–H groups in total. The summed E-state index contributed by atoms with van der Waals surface area (Å²) in [7, 11) is 0. The quantitative estimate of drug-likeness (QED) is 0.437. The smallest absolute Gasteiger partial charge is 0.149 e. The van der Waals surface area contributed by atoms with Gasteiger partial charge in [-0.1, -0.05) is 70.2 Å². The minimum atomic E-state index is 0.243. The zero-order chi connectivity index (χ0) is 19.8. The zero-order valence-corrected chi connectivity index (χ0v) is 16.8. The number of nitrogens with zero attached hydrogens (tertiary/aromatic N) is 2. The Balaban J connectivity index is 2.16. The van der Waals surface area contributed by atoms with Crippen molar-refractivity contribution in [1.29, 1.82) is 0 Å². The molecule has 0 saturated carbocycles. The number of phenols is 1. The van der Waals surface area contributed by atoms with E-state index < -0.39 is 0 Å². The number of hydrogen-bond acceptors (Lipinski definition) is 2. The number of imidazole rings is 1. The van der Waals surface area contributed by atoms with Crippen molar-refractivity contribution in [2.45, 2.75) is 39.5 Å². The number of fused-ring (bicyclic) bond motifs is 1. The predicted molar refractivity (Wildman–Crippen MR) is 116 cm³/mol. The van der Waals surface area contributed by atoms with Crippen LogP contribution in [0.1, 0.15) is 50.7 Å². The van der Waals surface area contributed by atoms with E-state index in [2.05, 4.69) is 56.5 Å². The minimum Gasteiger partial charge on any atom is -0.507 e. The van der Waals surface area contributed by atoms with E-state index in [0.29, 0.717) is 11.8 Å². The molecule has 0 fully saturated rings. The molecule has 0 bridgehead atoms. The number of aromatic hydroxyl groups is 1. The molecular formula is C25H26N2O. The van der Waals surface area contributed by atoms with Crippen molar-refractivity contribution in [2.24, 2.45) is 0 Å². The third-order valence-electron chi connectivity index (χ3n) is 5.27. The molecule has 142 valence electrons. The van der Waals surface area contributed by atoms with E-state index in [1.807, 2.05) is 36.4 Å². The molecule has 0 amide bonds. The Morgan fingerprint density at radius 2 is 1.36 bits per heavy atom. The highest BCUT2D eigenvalue weighted by Crippen LogP contribution is 2.38. The lowest BCUT2D eigenvalue weighted by Crippen LogP contribution is -2.08. The molecule has 1 heterocycles. The number of phenolic OH excluding ortho intramolecular Hbond substituents is 1. The van der Waals surface area contributed by atoms with E-state index in [-0.39, 0.29) is 5.75 Å². The van der Waals surface area contributed by atoms with Gasteiger partial charge in [0.05, 0.1) is 22.3 Å². The van der Waals surface area contributed by atoms with Crippen LogP contribution in [0, 0.1) is 0 Å². The standard InChI is InChI=1S/C25H26N2O/c1-16(2)18-11-9-12-19(17(3)4)24(18)27-22-14-7-6-13-21(22)26-25(27)20-10-5-8-15-23(20)28/h5-17,28H,1-4H3. The molecule has 0 aliphatic heterocycles. The summed E-state index contributed by atoms with van der Waals surface area (Å²) in [4.78, 5) is 4.92. The molecule has 3 aromatic carbocycles. The number of hydrogen-bond donors (Lipinski definition) is 1. The van der Waals surface area contributed by atoms with Gasteiger partial charge < -0.3 is 5.11 Å². The number of para-hydroxylation sites is 4. The normalized spacial score (nSPS) is 11.6. The van der Waals surface area contributed by atoms with Gasteiger partial charge in [0.1, 0.15) is 11.6 Å². The highest BCUT2D eigenvalue weighted by molar-refractivity contribution is 5.85. The summed E-state index contributed by atoms with van der Waals surface area (Å²) in [5.41, 5.74) is 6.47. The van der Waals surface area contributed by atoms with Gasteiger partial charge in [0.25, 0.3) is 0 Å². The second-order valence-electron chi connectivity index (χ2n) is 7.87. The SMILES string of the molecule is CC(C)c1cccc(C(C)C)c1-n1c(-c2ccccc2O)nc2ccccc21. The predicted octanol–water partition coefficient (Wildman–Crippen LogP) is 6.64. The summed E-state index contributed by atoms with van der Waals surface area (Å²) in [6.07, 6.45) is 0. The Hall–Kier alpha value is -3.07. The Kier molecular flexibility index (Phi) is 4.68. The van der Waals surface area contributed by atoms with Gasteiger partial charge in [0, 0.05) is 0 Å². The van der Waals surface area contributed by atoms with Crippen LogP contribution in [0.2, 0.25) is 0 Å². The van der Waals surface area contributed by atoms with E-state index in [1.54, 1.807) is 6.07 Å². The molecule has 0 aliphatic rings. The van der Waals surface area contributed by atoms with Gasteiger partial charge in [-0.15, -0.1) is 0 Å². The van der Waals surface area contributed by atoms with E-state index in [1.165, 1.54) is 16.8 Å². The van der Waals surface area contributed by atoms with Crippen molar-refractivity contribution < 1.29 is 5.11 Å². The van der Waals surface area contributed by atoms with Crippen LogP contribution in [0.15, 0.2) is 66.7 Å². The highest BCUT2D eigenvalue weighted by Gasteiger charge is 2.22. The molecule has 28 heavy (non-hydrogen) atoms. The molecule has 0 unspecified atom stereocenters. The molecule has 3 nitrogen and oxygen atoms in total. The summed E-state index contributed by atoms with van der Waals surface area (Å²) in [5, 5.41) is 10.6. The summed E-state index contributed by atoms with van der Waals surface area (Å²) < 4.78 is 2.23. The Morgan fingerprint density at radius 3 is 2.00 bits per heavy atom. The van der Waals surface area contributed by atoms with Crippen molar-refractivity contribution in [1.82, 2.24) is 9.55 Å². The van der Waals surface area contributed by atoms with Crippen molar-refractivity contribution in [3.05, 3.63) is 77.9 Å². The second kappa shape index (κ2) is 7.16. The van der Waals surface area contributed by atoms with E-state index in [9.17, 15) is 5.11 Å². The maximum atomic E-state index is 10.6. The van der Waals surface area contributed by atoms with Crippen LogP contribution < -0.4 is 0 Å². The molecule has 0 atom stereocenters. The first-order chi connectivity index (χ1) is 13.5. The number of aromatic nitrogens is 2. The molecule has 0 aliphatic carbocycles. The Labute approximate surface area is 166 Å². The van der Waals surface area contributed by atoms with Crippen LogP contribution in [0.5, 0.6) is 5.75 Å². The van der Waals surface area contributed by atoms with Crippen LogP contribution in [-0.4, -0.2) is 14.7 Å². The fraction of sp³-hybridized carbons (Fsp3) is 0.240. The lowest BCUT2D eigenvalue weighted by Gasteiger charge is -2.22. The lowest BCUT2D eigenvalue weighted by atomic mass is 9.92. The van der Waals surface area contributed by atoms with Crippen LogP contribution in [0.25, 0.3) is 28.1 Å². The topological polar surface area (TPSA) is 38.0 Å². The van der Waals surface area contributed by atoms with Crippen molar-refractivity contribution in [3.8, 4) is 22.8 Å². The fourth-order valence-corrected chi connectivity index (χ4v) is 3.87. The molecule has 4 aromatic rings. The van der Waals surface area contributed by atoms with Gasteiger partial charge in [0.2, 0.25) is 0 Å². The van der Waals surface area contributed by atoms with Crippen LogP contribution >= 0.6 is 0 Å². The van der Waals surface area contributed by atoms with E-state index in [0.717, 1.165) is 22.4 Å². The average Bonchev–Trinajstić information content (AvgIpc) is 3.06. The summed E-state index contributed by atoms with van der Waals surface area (Å²) in [6.45, 7) is 8.90. The highest BCUT2D eigenvalue weighted by atomic mass is 16.3. The van der Waals surface area contributed by atoms with Gasteiger partial charge in [-0.05, 0) is 47.2 Å². The summed E-state index contributed by atoms with van der Waals surface area (Å²) in [6, 6.07) is 22.2. The molecule has 0 radical (unpaired) electrons. The zero-order valence-electron chi connectivity index (χ0n) is 16.8. The fourth-order valence-electron chi connectivity index (χ4n) is 3.87. The van der Waals surface area contributed by atoms with Gasteiger partial charge >= 0.3 is 0 Å². The minimum absolute atomic E-state index is 0.243. The molecule has 0 spiro atoms. The van der Waals surface area contributed by atoms with Crippen LogP contribution in [0.4, 0.5) is 0 Å². The maximum Gasteiger partial charge on any atom is 0.149 e. The molecular weight excluding hydrogens is 344 g/mol. The molecule has 3 heteroatoms. The molecule has 1 aromatic heterocycles.